The Bertz CT molecular complexity index is 349. The lowest BCUT2D eigenvalue weighted by Gasteiger charge is -2.33. The number of carboxylic acid groups (broad SMARTS) is 1. The number of carbonyl (C=O) groups is 2. The molecule has 0 aromatic carbocycles. The van der Waals surface area contributed by atoms with Crippen LogP contribution in [0.2, 0.25) is 0 Å². The Morgan fingerprint density at radius 3 is 2.84 bits per heavy atom. The summed E-state index contributed by atoms with van der Waals surface area (Å²) in [7, 11) is 0. The number of hydrogen-bond donors (Lipinski definition) is 3. The fourth-order valence-electron chi connectivity index (χ4n) is 2.69. The average molecular weight is 272 g/mol. The molecule has 3 unspecified atom stereocenters. The van der Waals surface area contributed by atoms with Crippen LogP contribution in [-0.4, -0.2) is 65.6 Å². The van der Waals surface area contributed by atoms with Crippen LogP contribution in [0.4, 0.5) is 4.79 Å². The van der Waals surface area contributed by atoms with Crippen LogP contribution in [0.1, 0.15) is 19.3 Å². The van der Waals surface area contributed by atoms with Gasteiger partial charge in [0.2, 0.25) is 0 Å². The van der Waals surface area contributed by atoms with Crippen molar-refractivity contribution in [3.05, 3.63) is 0 Å². The summed E-state index contributed by atoms with van der Waals surface area (Å²) in [5, 5.41) is 20.9. The quantitative estimate of drug-likeness (QED) is 0.652. The molecule has 2 amide bonds. The van der Waals surface area contributed by atoms with Gasteiger partial charge in [-0.3, -0.25) is 4.79 Å². The first-order valence-corrected chi connectivity index (χ1v) is 6.62. The van der Waals surface area contributed by atoms with Gasteiger partial charge in [0.15, 0.2) is 0 Å². The summed E-state index contributed by atoms with van der Waals surface area (Å²) in [4.78, 5) is 24.7. The molecule has 108 valence electrons. The van der Waals surface area contributed by atoms with E-state index < -0.39 is 11.9 Å². The summed E-state index contributed by atoms with van der Waals surface area (Å²) in [6.07, 6.45) is 1.79. The van der Waals surface area contributed by atoms with Gasteiger partial charge in [0.25, 0.3) is 0 Å². The molecule has 2 rings (SSSR count). The van der Waals surface area contributed by atoms with Gasteiger partial charge in [-0.05, 0) is 12.8 Å². The highest BCUT2D eigenvalue weighted by molar-refractivity contribution is 5.77. The number of carboxylic acids is 1. The number of ether oxygens (including phenoxy) is 1. The van der Waals surface area contributed by atoms with E-state index in [9.17, 15) is 9.59 Å². The average Bonchev–Trinajstić information content (AvgIpc) is 2.87. The highest BCUT2D eigenvalue weighted by Gasteiger charge is 2.35. The zero-order valence-electron chi connectivity index (χ0n) is 10.7. The fourth-order valence-corrected chi connectivity index (χ4v) is 2.69. The molecule has 3 atom stereocenters. The summed E-state index contributed by atoms with van der Waals surface area (Å²) >= 11 is 0. The maximum atomic E-state index is 12.1. The van der Waals surface area contributed by atoms with Crippen molar-refractivity contribution in [2.24, 2.45) is 5.92 Å². The van der Waals surface area contributed by atoms with Gasteiger partial charge < -0.3 is 25.2 Å². The third kappa shape index (κ3) is 3.36. The SMILES string of the molecule is O=C(O)C1CCCC1NC(=O)N1CCOC(CO)C1. The molecule has 1 aliphatic heterocycles. The van der Waals surface area contributed by atoms with E-state index in [-0.39, 0.29) is 24.8 Å². The van der Waals surface area contributed by atoms with E-state index >= 15 is 0 Å². The molecule has 2 aliphatic rings. The van der Waals surface area contributed by atoms with Crippen molar-refractivity contribution in [1.82, 2.24) is 10.2 Å². The van der Waals surface area contributed by atoms with Crippen LogP contribution in [0.25, 0.3) is 0 Å². The number of morpholine rings is 1. The van der Waals surface area contributed by atoms with Crippen LogP contribution >= 0.6 is 0 Å². The number of aliphatic hydroxyl groups is 1. The number of rotatable bonds is 3. The van der Waals surface area contributed by atoms with Gasteiger partial charge in [0.1, 0.15) is 0 Å². The topological polar surface area (TPSA) is 99.1 Å². The van der Waals surface area contributed by atoms with Crippen LogP contribution in [0, 0.1) is 5.92 Å². The fraction of sp³-hybridized carbons (Fsp3) is 0.833. The molecule has 0 spiro atoms. The van der Waals surface area contributed by atoms with Crippen molar-refractivity contribution in [2.75, 3.05) is 26.3 Å². The summed E-state index contributed by atoms with van der Waals surface area (Å²) in [6, 6.07) is -0.555. The molecule has 1 aliphatic carbocycles. The largest absolute Gasteiger partial charge is 0.481 e. The summed E-state index contributed by atoms with van der Waals surface area (Å²) in [6.45, 7) is 1.08. The predicted octanol–water partition coefficient (Wildman–Crippen LogP) is -0.358. The summed E-state index contributed by atoms with van der Waals surface area (Å²) < 4.78 is 5.27. The molecule has 3 N–H and O–H groups in total. The molecule has 0 aromatic heterocycles. The lowest BCUT2D eigenvalue weighted by molar-refractivity contribution is -0.142. The number of nitrogens with zero attached hydrogens (tertiary/aromatic N) is 1. The molecule has 1 heterocycles. The first-order valence-electron chi connectivity index (χ1n) is 6.62. The Morgan fingerprint density at radius 2 is 2.16 bits per heavy atom. The normalized spacial score (nSPS) is 31.2. The van der Waals surface area contributed by atoms with Gasteiger partial charge >= 0.3 is 12.0 Å². The molecule has 2 fully saturated rings. The van der Waals surface area contributed by atoms with Crippen molar-refractivity contribution < 1.29 is 24.5 Å². The highest BCUT2D eigenvalue weighted by atomic mass is 16.5. The second kappa shape index (κ2) is 6.21. The van der Waals surface area contributed by atoms with E-state index in [2.05, 4.69) is 5.32 Å². The number of nitrogens with one attached hydrogen (secondary N) is 1. The van der Waals surface area contributed by atoms with Gasteiger partial charge in [0, 0.05) is 12.6 Å². The van der Waals surface area contributed by atoms with Crippen molar-refractivity contribution in [1.29, 1.82) is 0 Å². The smallest absolute Gasteiger partial charge is 0.317 e. The predicted molar refractivity (Wildman–Crippen MR) is 65.7 cm³/mol. The lowest BCUT2D eigenvalue weighted by atomic mass is 10.0. The van der Waals surface area contributed by atoms with Crippen molar-refractivity contribution >= 4 is 12.0 Å². The third-order valence-corrected chi connectivity index (χ3v) is 3.77. The molecule has 7 nitrogen and oxygen atoms in total. The Hall–Kier alpha value is -1.34. The van der Waals surface area contributed by atoms with E-state index in [1.54, 1.807) is 4.90 Å². The van der Waals surface area contributed by atoms with Crippen molar-refractivity contribution in [3.63, 3.8) is 0 Å². The van der Waals surface area contributed by atoms with Gasteiger partial charge in [0.05, 0.1) is 31.8 Å². The van der Waals surface area contributed by atoms with Gasteiger partial charge in [-0.1, -0.05) is 6.42 Å². The number of urea groups is 1. The minimum Gasteiger partial charge on any atom is -0.481 e. The summed E-state index contributed by atoms with van der Waals surface area (Å²) in [5.74, 6) is -1.34. The molecular formula is C12H20N2O5. The number of hydrogen-bond acceptors (Lipinski definition) is 4. The second-order valence-corrected chi connectivity index (χ2v) is 5.05. The first-order chi connectivity index (χ1) is 9.11. The second-order valence-electron chi connectivity index (χ2n) is 5.05. The third-order valence-electron chi connectivity index (χ3n) is 3.77. The maximum absolute atomic E-state index is 12.1. The number of amides is 2. The van der Waals surface area contributed by atoms with E-state index in [1.807, 2.05) is 0 Å². The molecule has 7 heteroatoms. The Kier molecular flexibility index (Phi) is 4.60. The Morgan fingerprint density at radius 1 is 1.37 bits per heavy atom. The molecule has 1 saturated carbocycles. The molecule has 1 saturated heterocycles. The number of aliphatic carboxylic acids is 1. The number of carbonyl (C=O) groups excluding carboxylic acids is 1. The van der Waals surface area contributed by atoms with Gasteiger partial charge in [-0.2, -0.15) is 0 Å². The van der Waals surface area contributed by atoms with Crippen LogP contribution in [0.5, 0.6) is 0 Å². The summed E-state index contributed by atoms with van der Waals surface area (Å²) in [5.41, 5.74) is 0. The molecule has 0 bridgehead atoms. The van der Waals surface area contributed by atoms with Crippen molar-refractivity contribution in [3.8, 4) is 0 Å². The Labute approximate surface area is 111 Å². The van der Waals surface area contributed by atoms with Gasteiger partial charge in [-0.15, -0.1) is 0 Å². The van der Waals surface area contributed by atoms with Crippen LogP contribution in [0.15, 0.2) is 0 Å². The zero-order chi connectivity index (χ0) is 13.8. The molecule has 0 radical (unpaired) electrons. The van der Waals surface area contributed by atoms with Crippen LogP contribution in [0.3, 0.4) is 0 Å². The van der Waals surface area contributed by atoms with E-state index in [4.69, 9.17) is 14.9 Å². The maximum Gasteiger partial charge on any atom is 0.317 e. The minimum atomic E-state index is -0.849. The molecule has 19 heavy (non-hydrogen) atoms. The number of aliphatic hydroxyl groups excluding tert-OH is 1. The zero-order valence-corrected chi connectivity index (χ0v) is 10.7. The monoisotopic (exact) mass is 272 g/mol. The molecule has 0 aromatic rings. The van der Waals surface area contributed by atoms with Crippen molar-refractivity contribution in [2.45, 2.75) is 31.4 Å². The van der Waals surface area contributed by atoms with E-state index in [1.165, 1.54) is 0 Å². The minimum absolute atomic E-state index is 0.120. The molecular weight excluding hydrogens is 252 g/mol. The lowest BCUT2D eigenvalue weighted by Crippen LogP contribution is -2.53. The standard InChI is InChI=1S/C12H20N2O5/c15-7-8-6-14(4-5-19-8)12(18)13-10-3-1-2-9(10)11(16)17/h8-10,15H,1-7H2,(H,13,18)(H,16,17). The highest BCUT2D eigenvalue weighted by Crippen LogP contribution is 2.26. The van der Waals surface area contributed by atoms with Crippen LogP contribution < -0.4 is 5.32 Å². The van der Waals surface area contributed by atoms with Crippen LogP contribution in [-0.2, 0) is 9.53 Å². The van der Waals surface area contributed by atoms with Gasteiger partial charge in [-0.25, -0.2) is 4.79 Å². The van der Waals surface area contributed by atoms with E-state index in [0.29, 0.717) is 32.5 Å². The van der Waals surface area contributed by atoms with E-state index in [0.717, 1.165) is 6.42 Å². The first kappa shape index (κ1) is 14.1. The Balaban J connectivity index is 1.88.